The molecule has 0 radical (unpaired) electrons. The number of alkyl halides is 3. The number of carbonyl (C=O) groups excluding carboxylic acids is 1. The number of hydrogen-bond acceptors (Lipinski definition) is 5. The predicted molar refractivity (Wildman–Crippen MR) is 154 cm³/mol. The van der Waals surface area contributed by atoms with E-state index in [4.69, 9.17) is 27.7 Å². The van der Waals surface area contributed by atoms with Crippen molar-refractivity contribution in [2.24, 2.45) is 10.7 Å². The van der Waals surface area contributed by atoms with E-state index in [2.05, 4.69) is 10.6 Å². The van der Waals surface area contributed by atoms with Crippen LogP contribution >= 0.6 is 11.6 Å². The lowest BCUT2D eigenvalue weighted by atomic mass is 9.87. The summed E-state index contributed by atoms with van der Waals surface area (Å²) in [5, 5.41) is 15.0. The van der Waals surface area contributed by atoms with Crippen LogP contribution in [0.2, 0.25) is 5.02 Å². The van der Waals surface area contributed by atoms with Crippen LogP contribution < -0.4 is 16.4 Å². The Balaban J connectivity index is 1.78. The largest absolute Gasteiger partial charge is 0.400 e. The van der Waals surface area contributed by atoms with Crippen LogP contribution in [-0.2, 0) is 13.0 Å². The molecule has 11 heteroatoms. The molecule has 1 unspecified atom stereocenters. The van der Waals surface area contributed by atoms with Gasteiger partial charge in [0.05, 0.1) is 19.5 Å². The summed E-state index contributed by atoms with van der Waals surface area (Å²) in [6.45, 7) is 1.57. The van der Waals surface area contributed by atoms with Crippen molar-refractivity contribution >= 4 is 29.2 Å². The van der Waals surface area contributed by atoms with Gasteiger partial charge in [0, 0.05) is 41.0 Å². The van der Waals surface area contributed by atoms with Gasteiger partial charge in [-0.2, -0.15) is 13.2 Å². The summed E-state index contributed by atoms with van der Waals surface area (Å²) in [6, 6.07) is 13.7. The summed E-state index contributed by atoms with van der Waals surface area (Å²) in [5.74, 6) is -0.313. The van der Waals surface area contributed by atoms with E-state index in [-0.39, 0.29) is 18.4 Å². The number of nitrogens with zero attached hydrogens (tertiary/aromatic N) is 2. The molecule has 0 saturated heterocycles. The number of aryl methyl sites for hydroxylation is 1. The predicted octanol–water partition coefficient (Wildman–Crippen LogP) is 5.82. The van der Waals surface area contributed by atoms with Crippen molar-refractivity contribution in [3.63, 3.8) is 0 Å². The molecule has 2 aromatic carbocycles. The molecule has 0 aromatic heterocycles. The number of hydrogen-bond donors (Lipinski definition) is 4. The van der Waals surface area contributed by atoms with Crippen molar-refractivity contribution in [3.8, 4) is 0 Å². The summed E-state index contributed by atoms with van der Waals surface area (Å²) in [5.41, 5.74) is 10.7. The number of amidine groups is 1. The Morgan fingerprint density at radius 2 is 1.90 bits per heavy atom. The average Bonchev–Trinajstić information content (AvgIpc) is 2.94. The van der Waals surface area contributed by atoms with Crippen LogP contribution in [-0.4, -0.2) is 54.8 Å². The first-order valence-electron chi connectivity index (χ1n) is 13.2. The molecule has 7 nitrogen and oxygen atoms in total. The SMILES string of the molecule is CCc1ccc(C(=N)N(CCC(F)(F)F)C(=O)NC/C(N)=C2\CCC(NC)CC2=NCc2ccccc2Cl)cc1. The van der Waals surface area contributed by atoms with E-state index in [1.165, 1.54) is 0 Å². The molecule has 216 valence electrons. The molecule has 5 N–H and O–H groups in total. The molecule has 1 atom stereocenters. The van der Waals surface area contributed by atoms with Crippen molar-refractivity contribution in [2.75, 3.05) is 20.1 Å². The summed E-state index contributed by atoms with van der Waals surface area (Å²) in [4.78, 5) is 18.7. The van der Waals surface area contributed by atoms with E-state index < -0.39 is 25.2 Å². The van der Waals surface area contributed by atoms with Crippen LogP contribution in [0.5, 0.6) is 0 Å². The van der Waals surface area contributed by atoms with Crippen LogP contribution in [0.15, 0.2) is 64.8 Å². The Kier molecular flexibility index (Phi) is 11.2. The number of rotatable bonds is 9. The topological polar surface area (TPSA) is 107 Å². The zero-order chi connectivity index (χ0) is 29.3. The highest BCUT2D eigenvalue weighted by molar-refractivity contribution is 6.31. The first-order valence-corrected chi connectivity index (χ1v) is 13.6. The smallest absolute Gasteiger partial charge is 0.390 e. The molecule has 0 bridgehead atoms. The molecular weight excluding hydrogens is 541 g/mol. The third-order valence-electron chi connectivity index (χ3n) is 6.92. The molecule has 2 amide bonds. The van der Waals surface area contributed by atoms with Crippen molar-refractivity contribution in [2.45, 2.75) is 57.8 Å². The number of nitrogens with one attached hydrogen (secondary N) is 3. The molecule has 0 aliphatic heterocycles. The van der Waals surface area contributed by atoms with Gasteiger partial charge in [-0.15, -0.1) is 0 Å². The molecule has 1 fully saturated rings. The minimum absolute atomic E-state index is 0.0892. The zero-order valence-electron chi connectivity index (χ0n) is 22.7. The maximum absolute atomic E-state index is 13.1. The van der Waals surface area contributed by atoms with Gasteiger partial charge >= 0.3 is 12.2 Å². The molecule has 1 saturated carbocycles. The Hall–Kier alpha value is -3.37. The third-order valence-corrected chi connectivity index (χ3v) is 7.29. The normalized spacial score (nSPS) is 17.9. The minimum Gasteiger partial charge on any atom is -0.400 e. The van der Waals surface area contributed by atoms with E-state index in [1.54, 1.807) is 30.3 Å². The second-order valence-electron chi connectivity index (χ2n) is 9.66. The maximum Gasteiger partial charge on any atom is 0.390 e. The van der Waals surface area contributed by atoms with Crippen LogP contribution in [0.1, 0.15) is 49.3 Å². The van der Waals surface area contributed by atoms with Gasteiger partial charge in [-0.1, -0.05) is 61.0 Å². The van der Waals surface area contributed by atoms with Gasteiger partial charge in [-0.25, -0.2) is 4.79 Å². The number of amides is 2. The van der Waals surface area contributed by atoms with Gasteiger partial charge in [0.15, 0.2) is 0 Å². The van der Waals surface area contributed by atoms with Crippen LogP contribution in [0.4, 0.5) is 18.0 Å². The summed E-state index contributed by atoms with van der Waals surface area (Å²) in [6.07, 6.45) is -2.85. The molecule has 0 spiro atoms. The standard InChI is InChI=1S/C29H36ClF3N6O/c1-3-19-8-10-20(11-9-19)27(35)39(15-14-29(31,32)33)28(40)38-18-25(34)23-13-12-22(36-2)16-26(23)37-17-21-6-4-5-7-24(21)30/h4-11,22,35-36H,3,12-18,34H2,1-2H3,(H,38,40)/b25-23-,35-27?,37-26?. The monoisotopic (exact) mass is 576 g/mol. The van der Waals surface area contributed by atoms with Gasteiger partial charge in [-0.3, -0.25) is 15.3 Å². The quantitative estimate of drug-likeness (QED) is 0.223. The minimum atomic E-state index is -4.48. The Labute approximate surface area is 238 Å². The molecule has 2 aromatic rings. The summed E-state index contributed by atoms with van der Waals surface area (Å²) in [7, 11) is 1.88. The number of allylic oxidation sites excluding steroid dienone is 1. The van der Waals surface area contributed by atoms with Gasteiger partial charge in [0.2, 0.25) is 0 Å². The van der Waals surface area contributed by atoms with Crippen LogP contribution in [0.3, 0.4) is 0 Å². The Morgan fingerprint density at radius 3 is 2.52 bits per heavy atom. The third kappa shape index (κ3) is 8.82. The Bertz CT molecular complexity index is 1240. The van der Waals surface area contributed by atoms with E-state index in [0.717, 1.165) is 40.2 Å². The number of halogens is 4. The first-order chi connectivity index (χ1) is 19.0. The van der Waals surface area contributed by atoms with Crippen molar-refractivity contribution in [1.82, 2.24) is 15.5 Å². The molecule has 3 rings (SSSR count). The zero-order valence-corrected chi connectivity index (χ0v) is 23.5. The number of benzene rings is 2. The van der Waals surface area contributed by atoms with E-state index in [0.29, 0.717) is 35.7 Å². The highest BCUT2D eigenvalue weighted by atomic mass is 35.5. The molecule has 1 aliphatic carbocycles. The van der Waals surface area contributed by atoms with Gasteiger partial charge in [-0.05, 0) is 49.1 Å². The van der Waals surface area contributed by atoms with Gasteiger partial charge in [0.25, 0.3) is 0 Å². The lowest BCUT2D eigenvalue weighted by Gasteiger charge is -2.28. The summed E-state index contributed by atoms with van der Waals surface area (Å²) < 4.78 is 39.1. The van der Waals surface area contributed by atoms with E-state index in [1.807, 2.05) is 32.2 Å². The molecule has 1 aliphatic rings. The maximum atomic E-state index is 13.1. The lowest BCUT2D eigenvalue weighted by Crippen LogP contribution is -2.46. The fourth-order valence-electron chi connectivity index (χ4n) is 4.46. The number of nitrogens with two attached hydrogens (primary N) is 1. The van der Waals surface area contributed by atoms with Crippen LogP contribution in [0.25, 0.3) is 0 Å². The van der Waals surface area contributed by atoms with Crippen LogP contribution in [0, 0.1) is 5.41 Å². The molecular formula is C29H36ClF3N6O. The first kappa shape index (κ1) is 31.2. The number of carbonyl (C=O) groups is 1. The fourth-order valence-corrected chi connectivity index (χ4v) is 4.66. The molecule has 0 heterocycles. The highest BCUT2D eigenvalue weighted by Gasteiger charge is 2.31. The second kappa shape index (κ2) is 14.3. The van der Waals surface area contributed by atoms with Gasteiger partial charge < -0.3 is 16.4 Å². The molecule has 40 heavy (non-hydrogen) atoms. The number of aliphatic imine (C=N–C) groups is 1. The van der Waals surface area contributed by atoms with Crippen molar-refractivity contribution in [3.05, 3.63) is 81.5 Å². The average molecular weight is 577 g/mol. The summed E-state index contributed by atoms with van der Waals surface area (Å²) >= 11 is 6.29. The van der Waals surface area contributed by atoms with E-state index >= 15 is 0 Å². The fraction of sp³-hybridized carbons (Fsp3) is 0.414. The van der Waals surface area contributed by atoms with Crippen molar-refractivity contribution < 1.29 is 18.0 Å². The Morgan fingerprint density at radius 1 is 1.20 bits per heavy atom. The van der Waals surface area contributed by atoms with E-state index in [9.17, 15) is 18.0 Å². The highest BCUT2D eigenvalue weighted by Crippen LogP contribution is 2.25. The lowest BCUT2D eigenvalue weighted by molar-refractivity contribution is -0.135. The van der Waals surface area contributed by atoms with Gasteiger partial charge in [0.1, 0.15) is 5.84 Å². The number of urea groups is 1. The second-order valence-corrected chi connectivity index (χ2v) is 10.1. The van der Waals surface area contributed by atoms with Crippen molar-refractivity contribution in [1.29, 1.82) is 5.41 Å².